The van der Waals surface area contributed by atoms with Gasteiger partial charge in [0.1, 0.15) is 5.75 Å². The summed E-state index contributed by atoms with van der Waals surface area (Å²) >= 11 is 5.95. The third-order valence-corrected chi connectivity index (χ3v) is 4.16. The molecule has 3 rings (SSSR count). The summed E-state index contributed by atoms with van der Waals surface area (Å²) in [4.78, 5) is 16.7. The predicted molar refractivity (Wildman–Crippen MR) is 102 cm³/mol. The quantitative estimate of drug-likeness (QED) is 0.660. The Morgan fingerprint density at radius 2 is 2.04 bits per heavy atom. The fourth-order valence-electron chi connectivity index (χ4n) is 2.45. The minimum atomic E-state index is -0.636. The fraction of sp³-hybridized carbons (Fsp3) is 0.250. The molecule has 1 N–H and O–H groups in total. The number of rotatable bonds is 7. The van der Waals surface area contributed by atoms with E-state index in [2.05, 4.69) is 15.5 Å². The minimum Gasteiger partial charge on any atom is -0.481 e. The summed E-state index contributed by atoms with van der Waals surface area (Å²) in [6.45, 7) is 4.01. The summed E-state index contributed by atoms with van der Waals surface area (Å²) in [7, 11) is 0. The highest BCUT2D eigenvalue weighted by molar-refractivity contribution is 6.30. The molecule has 1 unspecified atom stereocenters. The van der Waals surface area contributed by atoms with Crippen molar-refractivity contribution in [3.63, 3.8) is 0 Å². The van der Waals surface area contributed by atoms with Crippen molar-refractivity contribution >= 4 is 17.5 Å². The molecule has 1 heterocycles. The summed E-state index contributed by atoms with van der Waals surface area (Å²) in [6, 6.07) is 14.8. The van der Waals surface area contributed by atoms with E-state index in [1.54, 1.807) is 24.3 Å². The number of carbonyl (C=O) groups is 1. The molecule has 0 spiro atoms. The van der Waals surface area contributed by atoms with E-state index in [0.717, 1.165) is 11.1 Å². The number of ether oxygens (including phenoxy) is 1. The lowest BCUT2D eigenvalue weighted by Gasteiger charge is -2.16. The first-order valence-electron chi connectivity index (χ1n) is 8.64. The van der Waals surface area contributed by atoms with Gasteiger partial charge in [-0.2, -0.15) is 4.98 Å². The van der Waals surface area contributed by atoms with Gasteiger partial charge in [0.15, 0.2) is 6.10 Å². The van der Waals surface area contributed by atoms with Crippen LogP contribution in [0.1, 0.15) is 24.8 Å². The van der Waals surface area contributed by atoms with Gasteiger partial charge in [-0.15, -0.1) is 0 Å². The van der Waals surface area contributed by atoms with Gasteiger partial charge >= 0.3 is 0 Å². The third-order valence-electron chi connectivity index (χ3n) is 3.93. The molecule has 0 saturated heterocycles. The van der Waals surface area contributed by atoms with Crippen LogP contribution in [0.5, 0.6) is 5.75 Å². The van der Waals surface area contributed by atoms with Crippen molar-refractivity contribution in [1.29, 1.82) is 0 Å². The lowest BCUT2D eigenvalue weighted by Crippen LogP contribution is -2.37. The van der Waals surface area contributed by atoms with Crippen LogP contribution < -0.4 is 10.1 Å². The maximum atomic E-state index is 12.4. The highest BCUT2D eigenvalue weighted by Gasteiger charge is 2.19. The second-order valence-corrected chi connectivity index (χ2v) is 6.50. The molecule has 0 aliphatic carbocycles. The number of hydrogen-bond acceptors (Lipinski definition) is 5. The van der Waals surface area contributed by atoms with Gasteiger partial charge in [-0.25, -0.2) is 0 Å². The molecule has 0 saturated carbocycles. The zero-order chi connectivity index (χ0) is 19.2. The van der Waals surface area contributed by atoms with Gasteiger partial charge in [0, 0.05) is 10.6 Å². The molecule has 0 aliphatic rings. The largest absolute Gasteiger partial charge is 0.481 e. The van der Waals surface area contributed by atoms with Gasteiger partial charge in [0.05, 0.1) is 6.54 Å². The van der Waals surface area contributed by atoms with Crippen LogP contribution in [0, 0.1) is 6.92 Å². The van der Waals surface area contributed by atoms with Crippen molar-refractivity contribution < 1.29 is 14.1 Å². The van der Waals surface area contributed by atoms with Crippen LogP contribution in [0.4, 0.5) is 0 Å². The summed E-state index contributed by atoms with van der Waals surface area (Å²) in [5.74, 6) is 1.11. The summed E-state index contributed by atoms with van der Waals surface area (Å²) in [5, 5.41) is 7.27. The smallest absolute Gasteiger partial charge is 0.261 e. The van der Waals surface area contributed by atoms with Crippen LogP contribution in [-0.2, 0) is 11.3 Å². The molecule has 27 heavy (non-hydrogen) atoms. The average Bonchev–Trinajstić information content (AvgIpc) is 3.14. The van der Waals surface area contributed by atoms with Crippen LogP contribution in [0.25, 0.3) is 11.4 Å². The van der Waals surface area contributed by atoms with Gasteiger partial charge < -0.3 is 14.6 Å². The number of hydrogen-bond donors (Lipinski definition) is 1. The number of aryl methyl sites for hydroxylation is 1. The molecule has 3 aromatic rings. The Labute approximate surface area is 162 Å². The summed E-state index contributed by atoms with van der Waals surface area (Å²) in [6.07, 6.45) is -0.125. The highest BCUT2D eigenvalue weighted by atomic mass is 35.5. The number of nitrogens with zero attached hydrogens (tertiary/aromatic N) is 2. The second kappa shape index (κ2) is 8.68. The molecular weight excluding hydrogens is 366 g/mol. The molecule has 2 aromatic carbocycles. The van der Waals surface area contributed by atoms with Crippen LogP contribution in [0.3, 0.4) is 0 Å². The molecule has 7 heteroatoms. The summed E-state index contributed by atoms with van der Waals surface area (Å²) in [5.41, 5.74) is 2.01. The van der Waals surface area contributed by atoms with Crippen LogP contribution in [-0.4, -0.2) is 22.2 Å². The average molecular weight is 386 g/mol. The Hall–Kier alpha value is -2.86. The fourth-order valence-corrected chi connectivity index (χ4v) is 2.63. The van der Waals surface area contributed by atoms with Gasteiger partial charge in [-0.05, 0) is 31.5 Å². The van der Waals surface area contributed by atoms with E-state index in [9.17, 15) is 4.79 Å². The molecule has 0 aliphatic heterocycles. The number of carbonyl (C=O) groups excluding carboxylic acids is 1. The maximum absolute atomic E-state index is 12.4. The standard InChI is InChI=1S/C20H20ClN3O3/c1-3-17(26-16-6-4-5-15(21)11-16)20(25)22-12-18-23-19(24-27-18)14-9-7-13(2)8-10-14/h4-11,17H,3,12H2,1-2H3,(H,22,25). The van der Waals surface area contributed by atoms with Crippen LogP contribution >= 0.6 is 11.6 Å². The molecule has 0 radical (unpaired) electrons. The van der Waals surface area contributed by atoms with E-state index < -0.39 is 6.10 Å². The normalized spacial score (nSPS) is 11.8. The molecule has 0 bridgehead atoms. The van der Waals surface area contributed by atoms with E-state index >= 15 is 0 Å². The van der Waals surface area contributed by atoms with Crippen LogP contribution in [0.2, 0.25) is 5.02 Å². The van der Waals surface area contributed by atoms with Gasteiger partial charge in [-0.3, -0.25) is 4.79 Å². The van der Waals surface area contributed by atoms with Crippen molar-refractivity contribution in [2.24, 2.45) is 0 Å². The van der Waals surface area contributed by atoms with E-state index in [1.807, 2.05) is 38.1 Å². The van der Waals surface area contributed by atoms with Crippen molar-refractivity contribution in [3.8, 4) is 17.1 Å². The van der Waals surface area contributed by atoms with Crippen molar-refractivity contribution in [2.75, 3.05) is 0 Å². The van der Waals surface area contributed by atoms with Crippen molar-refractivity contribution in [1.82, 2.24) is 15.5 Å². The molecule has 1 amide bonds. The van der Waals surface area contributed by atoms with Gasteiger partial charge in [0.25, 0.3) is 5.91 Å². The molecular formula is C20H20ClN3O3. The Morgan fingerprint density at radius 1 is 1.26 bits per heavy atom. The molecule has 6 nitrogen and oxygen atoms in total. The topological polar surface area (TPSA) is 77.2 Å². The molecule has 1 atom stereocenters. The zero-order valence-electron chi connectivity index (χ0n) is 15.1. The predicted octanol–water partition coefficient (Wildman–Crippen LogP) is 4.17. The van der Waals surface area contributed by atoms with Gasteiger partial charge in [-0.1, -0.05) is 59.6 Å². The van der Waals surface area contributed by atoms with E-state index in [-0.39, 0.29) is 12.5 Å². The van der Waals surface area contributed by atoms with E-state index in [4.69, 9.17) is 20.9 Å². The third kappa shape index (κ3) is 5.08. The molecule has 140 valence electrons. The van der Waals surface area contributed by atoms with Crippen molar-refractivity contribution in [3.05, 3.63) is 65.0 Å². The second-order valence-electron chi connectivity index (χ2n) is 6.07. The van der Waals surface area contributed by atoms with E-state index in [0.29, 0.717) is 28.9 Å². The first-order chi connectivity index (χ1) is 13.0. The number of aromatic nitrogens is 2. The molecule has 1 aromatic heterocycles. The lowest BCUT2D eigenvalue weighted by molar-refractivity contribution is -0.128. The molecule has 0 fully saturated rings. The van der Waals surface area contributed by atoms with Crippen LogP contribution in [0.15, 0.2) is 53.1 Å². The van der Waals surface area contributed by atoms with Gasteiger partial charge in [0.2, 0.25) is 11.7 Å². The Balaban J connectivity index is 1.58. The summed E-state index contributed by atoms with van der Waals surface area (Å²) < 4.78 is 10.9. The maximum Gasteiger partial charge on any atom is 0.261 e. The number of amides is 1. The van der Waals surface area contributed by atoms with E-state index in [1.165, 1.54) is 0 Å². The minimum absolute atomic E-state index is 0.132. The zero-order valence-corrected chi connectivity index (χ0v) is 15.9. The number of halogens is 1. The number of nitrogens with one attached hydrogen (secondary N) is 1. The van der Waals surface area contributed by atoms with Crippen molar-refractivity contribution in [2.45, 2.75) is 32.9 Å². The highest BCUT2D eigenvalue weighted by Crippen LogP contribution is 2.19. The first-order valence-corrected chi connectivity index (χ1v) is 9.02. The number of benzene rings is 2. The Kier molecular flexibility index (Phi) is 6.08. The monoisotopic (exact) mass is 385 g/mol. The Bertz CT molecular complexity index is 909. The lowest BCUT2D eigenvalue weighted by atomic mass is 10.1. The Morgan fingerprint density at radius 3 is 2.74 bits per heavy atom. The SMILES string of the molecule is CCC(Oc1cccc(Cl)c1)C(=O)NCc1nc(-c2ccc(C)cc2)no1. The first kappa shape index (κ1) is 18.9.